The van der Waals surface area contributed by atoms with E-state index in [1.165, 1.54) is 7.11 Å². The molecule has 20 heavy (non-hydrogen) atoms. The molecule has 0 unspecified atom stereocenters. The largest absolute Gasteiger partial charge is 0.464 e. The standard InChI is InChI=1S/C15H15N3O2/c1-3-18-13-7-5-4-6-11(13)17-14(18)10-8-12(16-9-10)15(19)20-2/h4-9,16H,3H2,1-2H3. The van der Waals surface area contributed by atoms with Crippen molar-refractivity contribution < 1.29 is 9.53 Å². The van der Waals surface area contributed by atoms with Gasteiger partial charge in [-0.1, -0.05) is 12.1 Å². The number of imidazole rings is 1. The predicted molar refractivity (Wildman–Crippen MR) is 76.5 cm³/mol. The van der Waals surface area contributed by atoms with Crippen molar-refractivity contribution >= 4 is 17.0 Å². The number of aryl methyl sites for hydroxylation is 1. The predicted octanol–water partition coefficient (Wildman–Crippen LogP) is 2.84. The van der Waals surface area contributed by atoms with Crippen molar-refractivity contribution in [2.24, 2.45) is 0 Å². The van der Waals surface area contributed by atoms with E-state index in [-0.39, 0.29) is 5.97 Å². The van der Waals surface area contributed by atoms with Crippen molar-refractivity contribution in [3.05, 3.63) is 42.2 Å². The summed E-state index contributed by atoms with van der Waals surface area (Å²) in [5.74, 6) is 0.468. The summed E-state index contributed by atoms with van der Waals surface area (Å²) in [6, 6.07) is 9.76. The first kappa shape index (κ1) is 12.5. The molecule has 2 heterocycles. The number of ether oxygens (including phenoxy) is 1. The molecular weight excluding hydrogens is 254 g/mol. The second-order valence-electron chi connectivity index (χ2n) is 4.46. The van der Waals surface area contributed by atoms with Gasteiger partial charge in [-0.15, -0.1) is 0 Å². The number of rotatable bonds is 3. The highest BCUT2D eigenvalue weighted by molar-refractivity contribution is 5.89. The van der Waals surface area contributed by atoms with E-state index < -0.39 is 0 Å². The van der Waals surface area contributed by atoms with Crippen LogP contribution in [0.25, 0.3) is 22.4 Å². The van der Waals surface area contributed by atoms with Crippen LogP contribution in [-0.2, 0) is 11.3 Å². The average Bonchev–Trinajstić information content (AvgIpc) is 3.10. The maximum absolute atomic E-state index is 11.5. The Bertz CT molecular complexity index is 770. The van der Waals surface area contributed by atoms with Crippen molar-refractivity contribution in [1.29, 1.82) is 0 Å². The van der Waals surface area contributed by atoms with Crippen LogP contribution >= 0.6 is 0 Å². The zero-order valence-electron chi connectivity index (χ0n) is 11.4. The van der Waals surface area contributed by atoms with Gasteiger partial charge < -0.3 is 14.3 Å². The molecule has 0 aliphatic carbocycles. The summed E-state index contributed by atoms with van der Waals surface area (Å²) in [4.78, 5) is 19.1. The zero-order chi connectivity index (χ0) is 14.1. The van der Waals surface area contributed by atoms with Gasteiger partial charge in [-0.25, -0.2) is 9.78 Å². The Morgan fingerprint density at radius 2 is 2.20 bits per heavy atom. The Balaban J connectivity index is 2.14. The normalized spacial score (nSPS) is 10.9. The summed E-state index contributed by atoms with van der Waals surface area (Å²) in [5, 5.41) is 0. The molecule has 0 amide bonds. The van der Waals surface area contributed by atoms with Gasteiger partial charge in [0.05, 0.1) is 18.1 Å². The lowest BCUT2D eigenvalue weighted by molar-refractivity contribution is 0.0595. The monoisotopic (exact) mass is 269 g/mol. The fourth-order valence-electron chi connectivity index (χ4n) is 2.37. The maximum Gasteiger partial charge on any atom is 0.354 e. The highest BCUT2D eigenvalue weighted by atomic mass is 16.5. The maximum atomic E-state index is 11.5. The second kappa shape index (κ2) is 4.85. The van der Waals surface area contributed by atoms with Gasteiger partial charge in [-0.3, -0.25) is 0 Å². The summed E-state index contributed by atoms with van der Waals surface area (Å²) in [7, 11) is 1.37. The van der Waals surface area contributed by atoms with E-state index in [2.05, 4.69) is 21.5 Å². The number of benzene rings is 1. The molecule has 3 aromatic rings. The first-order valence-corrected chi connectivity index (χ1v) is 6.47. The summed E-state index contributed by atoms with van der Waals surface area (Å²) in [6.45, 7) is 2.89. The Morgan fingerprint density at radius 3 is 2.95 bits per heavy atom. The summed E-state index contributed by atoms with van der Waals surface area (Å²) in [5.41, 5.74) is 3.34. The number of aromatic nitrogens is 3. The van der Waals surface area contributed by atoms with E-state index >= 15 is 0 Å². The molecule has 1 N–H and O–H groups in total. The number of fused-ring (bicyclic) bond motifs is 1. The summed E-state index contributed by atoms with van der Waals surface area (Å²) < 4.78 is 6.83. The van der Waals surface area contributed by atoms with Crippen LogP contribution in [0.4, 0.5) is 0 Å². The molecule has 0 fully saturated rings. The van der Waals surface area contributed by atoms with Crippen molar-refractivity contribution in [1.82, 2.24) is 14.5 Å². The fourth-order valence-corrected chi connectivity index (χ4v) is 2.37. The van der Waals surface area contributed by atoms with E-state index in [1.807, 2.05) is 24.3 Å². The number of carbonyl (C=O) groups is 1. The molecule has 3 rings (SSSR count). The van der Waals surface area contributed by atoms with Crippen LogP contribution in [0.3, 0.4) is 0 Å². The van der Waals surface area contributed by atoms with Gasteiger partial charge in [-0.2, -0.15) is 0 Å². The highest BCUT2D eigenvalue weighted by Crippen LogP contribution is 2.25. The van der Waals surface area contributed by atoms with Gasteiger partial charge in [0.2, 0.25) is 0 Å². The van der Waals surface area contributed by atoms with Crippen LogP contribution in [0, 0.1) is 0 Å². The number of carbonyl (C=O) groups excluding carboxylic acids is 1. The third kappa shape index (κ3) is 1.87. The fraction of sp³-hybridized carbons (Fsp3) is 0.200. The molecule has 0 bridgehead atoms. The minimum atomic E-state index is -0.379. The van der Waals surface area contributed by atoms with Gasteiger partial charge in [0.15, 0.2) is 0 Å². The topological polar surface area (TPSA) is 59.9 Å². The molecule has 1 aromatic carbocycles. The lowest BCUT2D eigenvalue weighted by Gasteiger charge is -2.03. The van der Waals surface area contributed by atoms with Crippen molar-refractivity contribution in [3.8, 4) is 11.4 Å². The minimum absolute atomic E-state index is 0.379. The van der Waals surface area contributed by atoms with Crippen LogP contribution < -0.4 is 0 Å². The molecule has 2 aromatic heterocycles. The number of aromatic amines is 1. The van der Waals surface area contributed by atoms with Crippen LogP contribution in [-0.4, -0.2) is 27.6 Å². The Hall–Kier alpha value is -2.56. The lowest BCUT2D eigenvalue weighted by atomic mass is 10.3. The number of hydrogen-bond donors (Lipinski definition) is 1. The van der Waals surface area contributed by atoms with E-state index in [0.717, 1.165) is 29.0 Å². The molecule has 0 aliphatic heterocycles. The smallest absolute Gasteiger partial charge is 0.354 e. The molecule has 0 atom stereocenters. The van der Waals surface area contributed by atoms with Crippen molar-refractivity contribution in [2.45, 2.75) is 13.5 Å². The van der Waals surface area contributed by atoms with Gasteiger partial charge >= 0.3 is 5.97 Å². The zero-order valence-corrected chi connectivity index (χ0v) is 11.4. The summed E-state index contributed by atoms with van der Waals surface area (Å²) >= 11 is 0. The Kier molecular flexibility index (Phi) is 3.02. The van der Waals surface area contributed by atoms with Gasteiger partial charge in [0.25, 0.3) is 0 Å². The molecule has 0 saturated heterocycles. The number of nitrogens with zero attached hydrogens (tertiary/aromatic N) is 2. The highest BCUT2D eigenvalue weighted by Gasteiger charge is 2.15. The third-order valence-corrected chi connectivity index (χ3v) is 3.32. The molecule has 0 spiro atoms. The number of nitrogens with one attached hydrogen (secondary N) is 1. The minimum Gasteiger partial charge on any atom is -0.464 e. The van der Waals surface area contributed by atoms with E-state index in [9.17, 15) is 4.79 Å². The molecular formula is C15H15N3O2. The Labute approximate surface area is 116 Å². The van der Waals surface area contributed by atoms with E-state index in [1.54, 1.807) is 12.3 Å². The van der Waals surface area contributed by atoms with E-state index in [0.29, 0.717) is 5.69 Å². The molecule has 0 saturated carbocycles. The first-order valence-electron chi connectivity index (χ1n) is 6.47. The average molecular weight is 269 g/mol. The number of para-hydroxylation sites is 2. The van der Waals surface area contributed by atoms with Gasteiger partial charge in [-0.05, 0) is 25.1 Å². The van der Waals surface area contributed by atoms with Crippen molar-refractivity contribution in [2.75, 3.05) is 7.11 Å². The van der Waals surface area contributed by atoms with Crippen molar-refractivity contribution in [3.63, 3.8) is 0 Å². The molecule has 5 nitrogen and oxygen atoms in total. The third-order valence-electron chi connectivity index (χ3n) is 3.32. The van der Waals surface area contributed by atoms with Gasteiger partial charge in [0.1, 0.15) is 11.5 Å². The molecule has 5 heteroatoms. The van der Waals surface area contributed by atoms with Crippen LogP contribution in [0.15, 0.2) is 36.5 Å². The van der Waals surface area contributed by atoms with E-state index in [4.69, 9.17) is 4.74 Å². The molecule has 0 radical (unpaired) electrons. The molecule has 102 valence electrons. The lowest BCUT2D eigenvalue weighted by Crippen LogP contribution is -2.00. The van der Waals surface area contributed by atoms with Crippen LogP contribution in [0.1, 0.15) is 17.4 Å². The van der Waals surface area contributed by atoms with Gasteiger partial charge in [0, 0.05) is 18.3 Å². The number of methoxy groups -OCH3 is 1. The first-order chi connectivity index (χ1) is 9.74. The number of H-pyrrole nitrogens is 1. The summed E-state index contributed by atoms with van der Waals surface area (Å²) in [6.07, 6.45) is 1.78. The Morgan fingerprint density at radius 1 is 1.40 bits per heavy atom. The second-order valence-corrected chi connectivity index (χ2v) is 4.46. The molecule has 0 aliphatic rings. The number of hydrogen-bond acceptors (Lipinski definition) is 3. The number of esters is 1. The van der Waals surface area contributed by atoms with Crippen LogP contribution in [0.5, 0.6) is 0 Å². The SMILES string of the molecule is CCn1c(-c2c[nH]c(C(=O)OC)c2)nc2ccccc21. The quantitative estimate of drug-likeness (QED) is 0.744. The van der Waals surface area contributed by atoms with Crippen LogP contribution in [0.2, 0.25) is 0 Å².